The van der Waals surface area contributed by atoms with Crippen molar-refractivity contribution in [3.05, 3.63) is 41.2 Å². The van der Waals surface area contributed by atoms with Crippen LogP contribution < -0.4 is 11.1 Å². The number of thioether (sulfide) groups is 1. The molecule has 0 spiro atoms. The summed E-state index contributed by atoms with van der Waals surface area (Å²) in [6, 6.07) is 6.46. The molecule has 1 aromatic carbocycles. The van der Waals surface area contributed by atoms with Crippen LogP contribution in [0.3, 0.4) is 0 Å². The van der Waals surface area contributed by atoms with E-state index in [1.807, 2.05) is 6.92 Å². The molecule has 0 aliphatic carbocycles. The molecule has 110 valence electrons. The summed E-state index contributed by atoms with van der Waals surface area (Å²) in [4.78, 5) is 22.7. The zero-order valence-electron chi connectivity index (χ0n) is 11.3. The molecular formula is C13H14N4O2S2. The van der Waals surface area contributed by atoms with Crippen molar-refractivity contribution in [1.29, 1.82) is 0 Å². The van der Waals surface area contributed by atoms with E-state index in [1.54, 1.807) is 24.3 Å². The molecule has 8 heteroatoms. The maximum Gasteiger partial charge on any atom is 0.248 e. The van der Waals surface area contributed by atoms with Crippen molar-refractivity contribution in [3.8, 4) is 0 Å². The lowest BCUT2D eigenvalue weighted by molar-refractivity contribution is -0.113. The van der Waals surface area contributed by atoms with Crippen LogP contribution in [0, 0.1) is 6.92 Å². The van der Waals surface area contributed by atoms with Crippen LogP contribution in [0.2, 0.25) is 0 Å². The minimum Gasteiger partial charge on any atom is -0.366 e. The molecule has 1 aromatic heterocycles. The first-order valence-electron chi connectivity index (χ1n) is 6.12. The van der Waals surface area contributed by atoms with E-state index in [4.69, 9.17) is 5.73 Å². The molecule has 0 aliphatic heterocycles. The fourth-order valence-electron chi connectivity index (χ4n) is 1.54. The van der Waals surface area contributed by atoms with Crippen molar-refractivity contribution < 1.29 is 9.59 Å². The molecule has 6 nitrogen and oxygen atoms in total. The maximum absolute atomic E-state index is 11.8. The van der Waals surface area contributed by atoms with E-state index >= 15 is 0 Å². The summed E-state index contributed by atoms with van der Waals surface area (Å²) >= 11 is 2.66. The summed E-state index contributed by atoms with van der Waals surface area (Å²) < 4.78 is 8.24. The first-order chi connectivity index (χ1) is 10.1. The summed E-state index contributed by atoms with van der Waals surface area (Å²) in [6.07, 6.45) is 0. The van der Waals surface area contributed by atoms with Gasteiger partial charge in [-0.1, -0.05) is 0 Å². The van der Waals surface area contributed by atoms with E-state index in [9.17, 15) is 9.59 Å². The summed E-state index contributed by atoms with van der Waals surface area (Å²) in [5.41, 5.74) is 8.03. The van der Waals surface area contributed by atoms with Crippen LogP contribution in [0.5, 0.6) is 0 Å². The molecule has 0 saturated carbocycles. The molecule has 0 aliphatic rings. The van der Waals surface area contributed by atoms with E-state index in [-0.39, 0.29) is 5.91 Å². The van der Waals surface area contributed by atoms with Gasteiger partial charge >= 0.3 is 0 Å². The number of rotatable bonds is 6. The molecule has 21 heavy (non-hydrogen) atoms. The first-order valence-corrected chi connectivity index (χ1v) is 8.00. The number of anilines is 1. The lowest BCUT2D eigenvalue weighted by atomic mass is 10.2. The summed E-state index contributed by atoms with van der Waals surface area (Å²) in [7, 11) is 0. The maximum atomic E-state index is 11.8. The van der Waals surface area contributed by atoms with Crippen LogP contribution >= 0.6 is 23.5 Å². The highest BCUT2D eigenvalue weighted by Crippen LogP contribution is 2.15. The van der Waals surface area contributed by atoms with Crippen LogP contribution in [0.1, 0.15) is 21.7 Å². The second-order valence-electron chi connectivity index (χ2n) is 4.28. The molecule has 2 amide bonds. The Kier molecular flexibility index (Phi) is 5.29. The third-order valence-corrected chi connectivity index (χ3v) is 4.27. The van der Waals surface area contributed by atoms with Gasteiger partial charge in [-0.2, -0.15) is 8.75 Å². The van der Waals surface area contributed by atoms with E-state index in [1.165, 1.54) is 23.5 Å². The predicted molar refractivity (Wildman–Crippen MR) is 84.4 cm³/mol. The van der Waals surface area contributed by atoms with Crippen LogP contribution in [0.4, 0.5) is 5.69 Å². The Labute approximate surface area is 130 Å². The highest BCUT2D eigenvalue weighted by molar-refractivity contribution is 7.99. The molecule has 3 N–H and O–H groups in total. The van der Waals surface area contributed by atoms with Gasteiger partial charge in [-0.05, 0) is 31.2 Å². The number of hydrogen-bond acceptors (Lipinski definition) is 6. The Morgan fingerprint density at radius 3 is 2.57 bits per heavy atom. The fraction of sp³-hybridized carbons (Fsp3) is 0.231. The smallest absolute Gasteiger partial charge is 0.248 e. The lowest BCUT2D eigenvalue weighted by Crippen LogP contribution is -2.15. The Morgan fingerprint density at radius 2 is 2.00 bits per heavy atom. The van der Waals surface area contributed by atoms with Crippen LogP contribution in [-0.4, -0.2) is 26.3 Å². The number of hydrogen-bond donors (Lipinski definition) is 2. The molecule has 0 radical (unpaired) electrons. The van der Waals surface area contributed by atoms with Gasteiger partial charge in [0, 0.05) is 17.0 Å². The van der Waals surface area contributed by atoms with E-state index in [2.05, 4.69) is 14.1 Å². The first kappa shape index (κ1) is 15.5. The molecule has 0 atom stereocenters. The van der Waals surface area contributed by atoms with Gasteiger partial charge in [-0.15, -0.1) is 11.8 Å². The predicted octanol–water partition coefficient (Wildman–Crippen LogP) is 1.82. The van der Waals surface area contributed by atoms with Crippen molar-refractivity contribution in [2.24, 2.45) is 5.73 Å². The topological polar surface area (TPSA) is 98.0 Å². The SMILES string of the molecule is Cc1nsnc1CSCC(=O)Nc1ccc(C(N)=O)cc1. The number of carbonyl (C=O) groups excluding carboxylic acids is 2. The lowest BCUT2D eigenvalue weighted by Gasteiger charge is -2.05. The normalized spacial score (nSPS) is 10.3. The largest absolute Gasteiger partial charge is 0.366 e. The molecule has 0 bridgehead atoms. The Morgan fingerprint density at radius 1 is 1.29 bits per heavy atom. The number of primary amides is 1. The van der Waals surface area contributed by atoms with Crippen molar-refractivity contribution >= 4 is 41.0 Å². The van der Waals surface area contributed by atoms with Crippen molar-refractivity contribution in [2.45, 2.75) is 12.7 Å². The van der Waals surface area contributed by atoms with Crippen LogP contribution in [0.15, 0.2) is 24.3 Å². The second kappa shape index (κ2) is 7.19. The third-order valence-electron chi connectivity index (χ3n) is 2.67. The van der Waals surface area contributed by atoms with Crippen molar-refractivity contribution in [1.82, 2.24) is 8.75 Å². The van der Waals surface area contributed by atoms with Crippen LogP contribution in [-0.2, 0) is 10.5 Å². The van der Waals surface area contributed by atoms with Gasteiger partial charge in [-0.25, -0.2) is 0 Å². The monoisotopic (exact) mass is 322 g/mol. The summed E-state index contributed by atoms with van der Waals surface area (Å²) in [6.45, 7) is 1.90. The minimum absolute atomic E-state index is 0.104. The number of aromatic nitrogens is 2. The molecule has 2 rings (SSSR count). The molecule has 0 saturated heterocycles. The molecule has 1 heterocycles. The van der Waals surface area contributed by atoms with E-state index < -0.39 is 5.91 Å². The van der Waals surface area contributed by atoms with Crippen molar-refractivity contribution in [3.63, 3.8) is 0 Å². The second-order valence-corrected chi connectivity index (χ2v) is 5.79. The van der Waals surface area contributed by atoms with Gasteiger partial charge in [0.2, 0.25) is 11.8 Å². The number of nitrogens with one attached hydrogen (secondary N) is 1. The quantitative estimate of drug-likeness (QED) is 0.845. The third kappa shape index (κ3) is 4.54. The Bertz CT molecular complexity index is 640. The average Bonchev–Trinajstić information content (AvgIpc) is 2.85. The average molecular weight is 322 g/mol. The molecular weight excluding hydrogens is 308 g/mol. The van der Waals surface area contributed by atoms with Gasteiger partial charge in [0.05, 0.1) is 28.9 Å². The Balaban J connectivity index is 1.79. The van der Waals surface area contributed by atoms with Gasteiger partial charge in [0.25, 0.3) is 0 Å². The summed E-state index contributed by atoms with van der Waals surface area (Å²) in [5, 5.41) is 2.76. The zero-order valence-corrected chi connectivity index (χ0v) is 13.0. The fourth-order valence-corrected chi connectivity index (χ4v) is 3.01. The molecule has 2 aromatic rings. The Hall–Kier alpha value is -1.93. The van der Waals surface area contributed by atoms with Gasteiger partial charge in [-0.3, -0.25) is 9.59 Å². The highest BCUT2D eigenvalue weighted by atomic mass is 32.2. The van der Waals surface area contributed by atoms with E-state index in [0.717, 1.165) is 11.4 Å². The zero-order chi connectivity index (χ0) is 15.2. The highest BCUT2D eigenvalue weighted by Gasteiger charge is 2.07. The standard InChI is InChI=1S/C13H14N4O2S2/c1-8-11(17-21-16-8)6-20-7-12(18)15-10-4-2-9(3-5-10)13(14)19/h2-5H,6-7H2,1H3,(H2,14,19)(H,15,18). The number of nitrogens with two attached hydrogens (primary N) is 1. The number of carbonyl (C=O) groups is 2. The minimum atomic E-state index is -0.490. The number of aryl methyl sites for hydroxylation is 1. The van der Waals surface area contributed by atoms with Crippen LogP contribution in [0.25, 0.3) is 0 Å². The molecule has 0 unspecified atom stereocenters. The number of benzene rings is 1. The number of amides is 2. The summed E-state index contributed by atoms with van der Waals surface area (Å²) in [5.74, 6) is 0.397. The van der Waals surface area contributed by atoms with Gasteiger partial charge in [0.1, 0.15) is 0 Å². The molecule has 0 fully saturated rings. The van der Waals surface area contributed by atoms with Gasteiger partial charge in [0.15, 0.2) is 0 Å². The van der Waals surface area contributed by atoms with E-state index in [0.29, 0.717) is 22.8 Å². The van der Waals surface area contributed by atoms with Crippen molar-refractivity contribution in [2.75, 3.05) is 11.1 Å². The number of nitrogens with zero attached hydrogens (tertiary/aromatic N) is 2. The van der Waals surface area contributed by atoms with Gasteiger partial charge < -0.3 is 11.1 Å².